The van der Waals surface area contributed by atoms with Gasteiger partial charge in [-0.05, 0) is 44.3 Å². The maximum absolute atomic E-state index is 13.3. The van der Waals surface area contributed by atoms with Gasteiger partial charge in [0.05, 0.1) is 11.8 Å². The van der Waals surface area contributed by atoms with Crippen LogP contribution < -0.4 is 5.32 Å². The van der Waals surface area contributed by atoms with Crippen LogP contribution in [0.25, 0.3) is 0 Å². The summed E-state index contributed by atoms with van der Waals surface area (Å²) in [5.41, 5.74) is 0.170. The Morgan fingerprint density at radius 2 is 2.47 bits per heavy atom. The van der Waals surface area contributed by atoms with Crippen LogP contribution in [0.1, 0.15) is 36.0 Å². The quantitative estimate of drug-likeness (QED) is 0.815. The molecule has 0 amide bonds. The fraction of sp³-hybridized carbons (Fsp3) is 0.538. The Kier molecular flexibility index (Phi) is 4.20. The third-order valence-corrected chi connectivity index (χ3v) is 3.25. The summed E-state index contributed by atoms with van der Waals surface area (Å²) >= 11 is 0. The number of Topliss-reactive ketones (excluding diaryl/α,β-unsaturated/α-hetero) is 1. The predicted octanol–water partition coefficient (Wildman–Crippen LogP) is 2.18. The molecule has 0 aliphatic carbocycles. The summed E-state index contributed by atoms with van der Waals surface area (Å²) in [6, 6.07) is 1.46. The number of hydrogen-bond acceptors (Lipinski definition) is 3. The van der Waals surface area contributed by atoms with Crippen molar-refractivity contribution in [1.82, 2.24) is 10.3 Å². The lowest BCUT2D eigenvalue weighted by atomic mass is 9.92. The molecule has 0 saturated carbocycles. The fourth-order valence-electron chi connectivity index (χ4n) is 2.24. The number of carbonyl (C=O) groups excluding carboxylic acids is 1. The van der Waals surface area contributed by atoms with E-state index < -0.39 is 5.82 Å². The molecule has 0 bridgehead atoms. The predicted molar refractivity (Wildman–Crippen MR) is 63.4 cm³/mol. The number of nitrogens with one attached hydrogen (secondary N) is 1. The smallest absolute Gasteiger partial charge is 0.165 e. The van der Waals surface area contributed by atoms with Crippen LogP contribution in [0.4, 0.5) is 4.39 Å². The van der Waals surface area contributed by atoms with Gasteiger partial charge in [-0.25, -0.2) is 4.39 Å². The van der Waals surface area contributed by atoms with E-state index in [1.165, 1.54) is 25.1 Å². The van der Waals surface area contributed by atoms with Gasteiger partial charge in [-0.2, -0.15) is 0 Å². The first-order valence-corrected chi connectivity index (χ1v) is 6.11. The zero-order chi connectivity index (χ0) is 12.1. The van der Waals surface area contributed by atoms with Gasteiger partial charge in [0.2, 0.25) is 0 Å². The second kappa shape index (κ2) is 5.87. The summed E-state index contributed by atoms with van der Waals surface area (Å²) in [4.78, 5) is 15.5. The van der Waals surface area contributed by atoms with Crippen LogP contribution in [-0.4, -0.2) is 23.9 Å². The molecular weight excluding hydrogens is 219 g/mol. The van der Waals surface area contributed by atoms with Crippen LogP contribution in [0.5, 0.6) is 0 Å². The van der Waals surface area contributed by atoms with Gasteiger partial charge in [0.15, 0.2) is 11.6 Å². The van der Waals surface area contributed by atoms with Crippen molar-refractivity contribution < 1.29 is 9.18 Å². The Morgan fingerprint density at radius 1 is 1.59 bits per heavy atom. The van der Waals surface area contributed by atoms with Crippen LogP contribution in [0.15, 0.2) is 18.5 Å². The Labute approximate surface area is 100 Å². The molecule has 17 heavy (non-hydrogen) atoms. The maximum atomic E-state index is 13.3. The minimum Gasteiger partial charge on any atom is -0.316 e. The number of nitrogens with zero attached hydrogens (tertiary/aromatic N) is 1. The molecule has 1 unspecified atom stereocenters. The average Bonchev–Trinajstić information content (AvgIpc) is 2.38. The van der Waals surface area contributed by atoms with Crippen LogP contribution in [0, 0.1) is 11.7 Å². The van der Waals surface area contributed by atoms with Crippen molar-refractivity contribution in [3.8, 4) is 0 Å². The summed E-state index contributed by atoms with van der Waals surface area (Å²) in [5, 5.41) is 3.31. The molecule has 1 aliphatic heterocycles. The Bertz CT molecular complexity index is 389. The summed E-state index contributed by atoms with van der Waals surface area (Å²) in [7, 11) is 0. The van der Waals surface area contributed by atoms with E-state index in [4.69, 9.17) is 0 Å². The molecule has 2 rings (SSSR count). The standard InChI is InChI=1S/C13H17FN2O/c14-12-9-16-7-5-11(12)13(17)4-3-10-2-1-6-15-8-10/h5,7,9-10,15H,1-4,6,8H2. The topological polar surface area (TPSA) is 42.0 Å². The van der Waals surface area contributed by atoms with E-state index in [1.807, 2.05) is 0 Å². The molecule has 1 aliphatic rings. The van der Waals surface area contributed by atoms with E-state index in [0.717, 1.165) is 25.7 Å². The first-order valence-electron chi connectivity index (χ1n) is 6.11. The van der Waals surface area contributed by atoms with Crippen molar-refractivity contribution >= 4 is 5.78 Å². The van der Waals surface area contributed by atoms with Crippen LogP contribution in [0.3, 0.4) is 0 Å². The van der Waals surface area contributed by atoms with E-state index in [-0.39, 0.29) is 11.3 Å². The summed E-state index contributed by atoms with van der Waals surface area (Å²) in [6.07, 6.45) is 6.15. The first kappa shape index (κ1) is 12.2. The number of piperidine rings is 1. The molecule has 2 heterocycles. The number of carbonyl (C=O) groups is 1. The third-order valence-electron chi connectivity index (χ3n) is 3.25. The SMILES string of the molecule is O=C(CCC1CCCNC1)c1ccncc1F. The Morgan fingerprint density at radius 3 is 3.18 bits per heavy atom. The van der Waals surface area contributed by atoms with Crippen molar-refractivity contribution in [2.24, 2.45) is 5.92 Å². The molecule has 1 atom stereocenters. The number of aromatic nitrogens is 1. The highest BCUT2D eigenvalue weighted by Crippen LogP contribution is 2.18. The van der Waals surface area contributed by atoms with Crippen LogP contribution >= 0.6 is 0 Å². The summed E-state index contributed by atoms with van der Waals surface area (Å²) in [5.74, 6) is -0.0765. The van der Waals surface area contributed by atoms with E-state index in [0.29, 0.717) is 12.3 Å². The Hall–Kier alpha value is -1.29. The molecule has 3 nitrogen and oxygen atoms in total. The van der Waals surface area contributed by atoms with Gasteiger partial charge >= 0.3 is 0 Å². The molecule has 1 N–H and O–H groups in total. The lowest BCUT2D eigenvalue weighted by Gasteiger charge is -2.22. The van der Waals surface area contributed by atoms with Crippen LogP contribution in [-0.2, 0) is 0 Å². The molecule has 0 spiro atoms. The lowest BCUT2D eigenvalue weighted by Crippen LogP contribution is -2.30. The van der Waals surface area contributed by atoms with Gasteiger partial charge in [-0.15, -0.1) is 0 Å². The summed E-state index contributed by atoms with van der Waals surface area (Å²) in [6.45, 7) is 2.05. The molecule has 1 fully saturated rings. The van der Waals surface area contributed by atoms with Crippen molar-refractivity contribution in [3.63, 3.8) is 0 Å². The monoisotopic (exact) mass is 236 g/mol. The molecule has 1 aromatic heterocycles. The molecule has 0 radical (unpaired) electrons. The second-order valence-electron chi connectivity index (χ2n) is 4.53. The van der Waals surface area contributed by atoms with Gasteiger partial charge in [-0.3, -0.25) is 9.78 Å². The summed E-state index contributed by atoms with van der Waals surface area (Å²) < 4.78 is 13.3. The van der Waals surface area contributed by atoms with Gasteiger partial charge < -0.3 is 5.32 Å². The number of hydrogen-bond donors (Lipinski definition) is 1. The highest BCUT2D eigenvalue weighted by Gasteiger charge is 2.16. The largest absolute Gasteiger partial charge is 0.316 e. The molecule has 0 aromatic carbocycles. The number of rotatable bonds is 4. The van der Waals surface area contributed by atoms with Crippen molar-refractivity contribution in [1.29, 1.82) is 0 Å². The Balaban J connectivity index is 1.87. The average molecular weight is 236 g/mol. The maximum Gasteiger partial charge on any atom is 0.165 e. The van der Waals surface area contributed by atoms with Crippen molar-refractivity contribution in [2.45, 2.75) is 25.7 Å². The first-order chi connectivity index (χ1) is 8.27. The number of pyridine rings is 1. The zero-order valence-electron chi connectivity index (χ0n) is 9.79. The van der Waals surface area contributed by atoms with Crippen LogP contribution in [0.2, 0.25) is 0 Å². The molecule has 4 heteroatoms. The van der Waals surface area contributed by atoms with Gasteiger partial charge in [-0.1, -0.05) is 0 Å². The van der Waals surface area contributed by atoms with Gasteiger partial charge in [0.25, 0.3) is 0 Å². The van der Waals surface area contributed by atoms with E-state index >= 15 is 0 Å². The normalized spacial score (nSPS) is 20.2. The number of ketones is 1. The van der Waals surface area contributed by atoms with E-state index in [2.05, 4.69) is 10.3 Å². The molecule has 1 aromatic rings. The molecule has 92 valence electrons. The second-order valence-corrected chi connectivity index (χ2v) is 4.53. The highest BCUT2D eigenvalue weighted by atomic mass is 19.1. The van der Waals surface area contributed by atoms with Crippen molar-refractivity contribution in [2.75, 3.05) is 13.1 Å². The third kappa shape index (κ3) is 3.33. The minimum absolute atomic E-state index is 0.115. The fourth-order valence-corrected chi connectivity index (χ4v) is 2.24. The van der Waals surface area contributed by atoms with Gasteiger partial charge in [0.1, 0.15) is 0 Å². The van der Waals surface area contributed by atoms with Crippen molar-refractivity contribution in [3.05, 3.63) is 29.8 Å². The molecular formula is C13H17FN2O. The zero-order valence-corrected chi connectivity index (χ0v) is 9.79. The van der Waals surface area contributed by atoms with E-state index in [9.17, 15) is 9.18 Å². The van der Waals surface area contributed by atoms with E-state index in [1.54, 1.807) is 0 Å². The molecule has 1 saturated heterocycles. The lowest BCUT2D eigenvalue weighted by molar-refractivity contribution is 0.0967. The van der Waals surface area contributed by atoms with Gasteiger partial charge in [0, 0.05) is 12.6 Å². The highest BCUT2D eigenvalue weighted by molar-refractivity contribution is 5.96. The minimum atomic E-state index is -0.515. The number of halogens is 1.